The van der Waals surface area contributed by atoms with E-state index in [-0.39, 0.29) is 12.1 Å². The van der Waals surface area contributed by atoms with Crippen LogP contribution in [0, 0.1) is 0 Å². The van der Waals surface area contributed by atoms with Crippen LogP contribution in [0.25, 0.3) is 0 Å². The summed E-state index contributed by atoms with van der Waals surface area (Å²) in [7, 11) is 0. The molecular formula is C16H17BrN2O. The van der Waals surface area contributed by atoms with E-state index < -0.39 is 0 Å². The standard InChI is InChI=1S/C16H17BrN2O/c1-11(12-3-2-6-18-9-12)19-10-15-8-13-7-14(17)4-5-16(13)20-15/h2-7,9,11,15,19H,8,10H2,1H3/t11-,15?/m0/s1. The highest BCUT2D eigenvalue weighted by atomic mass is 79.9. The van der Waals surface area contributed by atoms with E-state index in [0.29, 0.717) is 0 Å². The molecule has 1 N–H and O–H groups in total. The lowest BCUT2D eigenvalue weighted by Gasteiger charge is -2.17. The molecule has 2 aromatic rings. The summed E-state index contributed by atoms with van der Waals surface area (Å²) in [5.74, 6) is 1.01. The van der Waals surface area contributed by atoms with Crippen LogP contribution in [0.5, 0.6) is 5.75 Å². The molecule has 0 fully saturated rings. The van der Waals surface area contributed by atoms with Crippen LogP contribution in [-0.4, -0.2) is 17.6 Å². The van der Waals surface area contributed by atoms with Crippen molar-refractivity contribution in [2.45, 2.75) is 25.5 Å². The molecule has 4 heteroatoms. The van der Waals surface area contributed by atoms with E-state index in [4.69, 9.17) is 4.74 Å². The Labute approximate surface area is 127 Å². The van der Waals surface area contributed by atoms with Crippen molar-refractivity contribution < 1.29 is 4.74 Å². The van der Waals surface area contributed by atoms with Gasteiger partial charge in [-0.1, -0.05) is 22.0 Å². The van der Waals surface area contributed by atoms with Crippen molar-refractivity contribution in [2.75, 3.05) is 6.54 Å². The normalized spacial score (nSPS) is 18.4. The maximum absolute atomic E-state index is 5.95. The predicted molar refractivity (Wildman–Crippen MR) is 82.9 cm³/mol. The Bertz CT molecular complexity index is 588. The van der Waals surface area contributed by atoms with Gasteiger partial charge in [0.2, 0.25) is 0 Å². The Hall–Kier alpha value is -1.39. The zero-order valence-corrected chi connectivity index (χ0v) is 12.9. The topological polar surface area (TPSA) is 34.1 Å². The van der Waals surface area contributed by atoms with Gasteiger partial charge in [-0.05, 0) is 42.3 Å². The molecule has 0 amide bonds. The minimum atomic E-state index is 0.207. The molecule has 0 radical (unpaired) electrons. The fraction of sp³-hybridized carbons (Fsp3) is 0.312. The van der Waals surface area contributed by atoms with Crippen molar-refractivity contribution in [1.29, 1.82) is 0 Å². The lowest BCUT2D eigenvalue weighted by atomic mass is 10.1. The molecule has 1 unspecified atom stereocenters. The number of nitrogens with one attached hydrogen (secondary N) is 1. The number of rotatable bonds is 4. The van der Waals surface area contributed by atoms with Gasteiger partial charge in [0.25, 0.3) is 0 Å². The summed E-state index contributed by atoms with van der Waals surface area (Å²) in [5.41, 5.74) is 2.48. The van der Waals surface area contributed by atoms with E-state index in [9.17, 15) is 0 Å². The van der Waals surface area contributed by atoms with Gasteiger partial charge in [0.1, 0.15) is 11.9 Å². The molecule has 3 nitrogen and oxygen atoms in total. The molecule has 1 aromatic heterocycles. The van der Waals surface area contributed by atoms with Gasteiger partial charge in [-0.2, -0.15) is 0 Å². The molecule has 20 heavy (non-hydrogen) atoms. The third-order valence-corrected chi connectivity index (χ3v) is 4.09. The number of nitrogens with zero attached hydrogens (tertiary/aromatic N) is 1. The summed E-state index contributed by atoms with van der Waals surface area (Å²) in [6.45, 7) is 2.98. The van der Waals surface area contributed by atoms with Gasteiger partial charge in [-0.25, -0.2) is 0 Å². The van der Waals surface area contributed by atoms with Crippen molar-refractivity contribution in [1.82, 2.24) is 10.3 Å². The maximum atomic E-state index is 5.95. The van der Waals surface area contributed by atoms with Crippen LogP contribution in [0.2, 0.25) is 0 Å². The first-order valence-electron chi connectivity index (χ1n) is 6.81. The van der Waals surface area contributed by atoms with Gasteiger partial charge in [0, 0.05) is 35.9 Å². The van der Waals surface area contributed by atoms with Crippen LogP contribution in [0.15, 0.2) is 47.2 Å². The molecule has 104 valence electrons. The van der Waals surface area contributed by atoms with Gasteiger partial charge in [0.15, 0.2) is 0 Å². The fourth-order valence-electron chi connectivity index (χ4n) is 2.46. The highest BCUT2D eigenvalue weighted by Gasteiger charge is 2.23. The molecule has 0 saturated heterocycles. The van der Waals surface area contributed by atoms with Gasteiger partial charge >= 0.3 is 0 Å². The summed E-state index contributed by atoms with van der Waals surface area (Å²) >= 11 is 3.50. The van der Waals surface area contributed by atoms with Gasteiger partial charge in [0.05, 0.1) is 0 Å². The minimum absolute atomic E-state index is 0.207. The van der Waals surface area contributed by atoms with Crippen molar-refractivity contribution in [3.05, 3.63) is 58.3 Å². The molecule has 0 saturated carbocycles. The maximum Gasteiger partial charge on any atom is 0.123 e. The Morgan fingerprint density at radius 2 is 2.35 bits per heavy atom. The molecule has 0 bridgehead atoms. The second-order valence-electron chi connectivity index (χ2n) is 5.11. The Morgan fingerprint density at radius 3 is 3.15 bits per heavy atom. The fourth-order valence-corrected chi connectivity index (χ4v) is 2.87. The third-order valence-electron chi connectivity index (χ3n) is 3.60. The van der Waals surface area contributed by atoms with Crippen molar-refractivity contribution in [3.63, 3.8) is 0 Å². The first-order chi connectivity index (χ1) is 9.72. The lowest BCUT2D eigenvalue weighted by molar-refractivity contribution is 0.222. The summed E-state index contributed by atoms with van der Waals surface area (Å²) in [6.07, 6.45) is 4.86. The first kappa shape index (κ1) is 13.6. The number of hydrogen-bond acceptors (Lipinski definition) is 3. The van der Waals surface area contributed by atoms with E-state index in [1.165, 1.54) is 11.1 Å². The quantitative estimate of drug-likeness (QED) is 0.930. The average molecular weight is 333 g/mol. The zero-order valence-electron chi connectivity index (χ0n) is 11.3. The third kappa shape index (κ3) is 3.02. The Morgan fingerprint density at radius 1 is 1.45 bits per heavy atom. The summed E-state index contributed by atoms with van der Waals surface area (Å²) in [4.78, 5) is 4.15. The van der Waals surface area contributed by atoms with Gasteiger partial charge < -0.3 is 10.1 Å². The monoisotopic (exact) mass is 332 g/mol. The SMILES string of the molecule is C[C@H](NCC1Cc2cc(Br)ccc2O1)c1cccnc1. The highest BCUT2D eigenvalue weighted by molar-refractivity contribution is 9.10. The van der Waals surface area contributed by atoms with Crippen LogP contribution >= 0.6 is 15.9 Å². The first-order valence-corrected chi connectivity index (χ1v) is 7.60. The molecule has 0 aliphatic carbocycles. The zero-order chi connectivity index (χ0) is 13.9. The number of aromatic nitrogens is 1. The van der Waals surface area contributed by atoms with Crippen molar-refractivity contribution >= 4 is 15.9 Å². The molecule has 1 aliphatic heterocycles. The van der Waals surface area contributed by atoms with E-state index in [0.717, 1.165) is 23.2 Å². The van der Waals surface area contributed by atoms with Crippen LogP contribution < -0.4 is 10.1 Å². The van der Waals surface area contributed by atoms with E-state index in [1.807, 2.05) is 24.4 Å². The molecule has 2 atom stereocenters. The van der Waals surface area contributed by atoms with Crippen LogP contribution in [0.1, 0.15) is 24.1 Å². The average Bonchev–Trinajstić information content (AvgIpc) is 2.87. The number of halogens is 1. The van der Waals surface area contributed by atoms with Crippen molar-refractivity contribution in [3.8, 4) is 5.75 Å². The largest absolute Gasteiger partial charge is 0.488 e. The molecule has 3 rings (SSSR count). The molecular weight excluding hydrogens is 316 g/mol. The minimum Gasteiger partial charge on any atom is -0.488 e. The highest BCUT2D eigenvalue weighted by Crippen LogP contribution is 2.31. The Balaban J connectivity index is 1.56. The van der Waals surface area contributed by atoms with Crippen molar-refractivity contribution in [2.24, 2.45) is 0 Å². The summed E-state index contributed by atoms with van der Waals surface area (Å²) in [5, 5.41) is 3.51. The summed E-state index contributed by atoms with van der Waals surface area (Å²) in [6, 6.07) is 10.5. The van der Waals surface area contributed by atoms with Gasteiger partial charge in [-0.15, -0.1) is 0 Å². The second-order valence-corrected chi connectivity index (χ2v) is 6.03. The molecule has 2 heterocycles. The van der Waals surface area contributed by atoms with Crippen LogP contribution in [0.3, 0.4) is 0 Å². The number of fused-ring (bicyclic) bond motifs is 1. The number of hydrogen-bond donors (Lipinski definition) is 1. The molecule has 0 spiro atoms. The van der Waals surface area contributed by atoms with E-state index in [2.05, 4.69) is 45.3 Å². The molecule has 1 aliphatic rings. The van der Waals surface area contributed by atoms with Crippen LogP contribution in [-0.2, 0) is 6.42 Å². The number of pyridine rings is 1. The number of benzene rings is 1. The smallest absolute Gasteiger partial charge is 0.123 e. The summed E-state index contributed by atoms with van der Waals surface area (Å²) < 4.78 is 7.06. The van der Waals surface area contributed by atoms with Gasteiger partial charge in [-0.3, -0.25) is 4.98 Å². The van der Waals surface area contributed by atoms with E-state index in [1.54, 1.807) is 6.20 Å². The second kappa shape index (κ2) is 5.94. The lowest BCUT2D eigenvalue weighted by Crippen LogP contribution is -2.31. The predicted octanol–water partition coefficient (Wildman–Crippen LogP) is 3.50. The van der Waals surface area contributed by atoms with Crippen LogP contribution in [0.4, 0.5) is 0 Å². The molecule has 1 aromatic carbocycles. The Kier molecular flexibility index (Phi) is 4.03. The van der Waals surface area contributed by atoms with E-state index >= 15 is 0 Å². The number of ether oxygens (including phenoxy) is 1.